The Morgan fingerprint density at radius 3 is 2.17 bits per heavy atom. The first kappa shape index (κ1) is 23.9. The van der Waals surface area contributed by atoms with Crippen LogP contribution in [0.15, 0.2) is 48.5 Å². The molecule has 0 bridgehead atoms. The number of nitrogens with zero attached hydrogens (tertiary/aromatic N) is 3. The molecule has 2 fully saturated rings. The maximum atomic E-state index is 14.0. The Hall–Kier alpha value is -2.82. The van der Waals surface area contributed by atoms with Crippen LogP contribution in [0.1, 0.15) is 82.5 Å². The second-order valence-electron chi connectivity index (χ2n) is 10.3. The molecule has 5 heteroatoms. The van der Waals surface area contributed by atoms with Crippen molar-refractivity contribution in [2.75, 3.05) is 0 Å². The van der Waals surface area contributed by atoms with E-state index in [2.05, 4.69) is 34.6 Å². The van der Waals surface area contributed by atoms with Crippen molar-refractivity contribution in [3.63, 3.8) is 0 Å². The second kappa shape index (κ2) is 11.3. The van der Waals surface area contributed by atoms with Gasteiger partial charge in [-0.1, -0.05) is 69.7 Å². The number of rotatable bonds is 8. The molecule has 0 unspecified atom stereocenters. The van der Waals surface area contributed by atoms with Crippen molar-refractivity contribution < 1.29 is 9.53 Å². The molecule has 0 N–H and O–H groups in total. The van der Waals surface area contributed by atoms with Crippen molar-refractivity contribution >= 4 is 16.9 Å². The van der Waals surface area contributed by atoms with E-state index in [1.165, 1.54) is 44.1 Å². The Balaban J connectivity index is 1.39. The van der Waals surface area contributed by atoms with Crippen LogP contribution >= 0.6 is 0 Å². The second-order valence-corrected chi connectivity index (χ2v) is 10.3. The molecule has 0 atom stereocenters. The highest BCUT2D eigenvalue weighted by Crippen LogP contribution is 2.31. The first-order valence-electron chi connectivity index (χ1n) is 13.7. The zero-order chi connectivity index (χ0) is 24.0. The Morgan fingerprint density at radius 2 is 1.54 bits per heavy atom. The lowest BCUT2D eigenvalue weighted by atomic mass is 9.88. The van der Waals surface area contributed by atoms with Gasteiger partial charge >= 0.3 is 0 Å². The number of para-hydroxylation sites is 2. The van der Waals surface area contributed by atoms with Crippen molar-refractivity contribution in [1.82, 2.24) is 14.5 Å². The Kier molecular flexibility index (Phi) is 7.70. The summed E-state index contributed by atoms with van der Waals surface area (Å²) in [6.07, 6.45) is 13.2. The fraction of sp³-hybridized carbons (Fsp3) is 0.533. The first-order valence-corrected chi connectivity index (χ1v) is 13.7. The summed E-state index contributed by atoms with van der Waals surface area (Å²) < 4.78 is 8.22. The normalized spacial score (nSPS) is 17.5. The summed E-state index contributed by atoms with van der Waals surface area (Å²) in [5.41, 5.74) is 3.22. The third-order valence-corrected chi connectivity index (χ3v) is 7.95. The summed E-state index contributed by atoms with van der Waals surface area (Å²) >= 11 is 0. The van der Waals surface area contributed by atoms with E-state index in [1.807, 2.05) is 30.3 Å². The van der Waals surface area contributed by atoms with E-state index >= 15 is 0 Å². The van der Waals surface area contributed by atoms with Gasteiger partial charge in [-0.25, -0.2) is 4.98 Å². The highest BCUT2D eigenvalue weighted by atomic mass is 16.5. The summed E-state index contributed by atoms with van der Waals surface area (Å²) in [6.45, 7) is 2.83. The minimum atomic E-state index is 0.250. The van der Waals surface area contributed by atoms with Gasteiger partial charge in [0.15, 0.2) is 0 Å². The number of benzene rings is 2. The zero-order valence-electron chi connectivity index (χ0n) is 21.1. The van der Waals surface area contributed by atoms with Gasteiger partial charge in [-0.2, -0.15) is 0 Å². The van der Waals surface area contributed by atoms with Crippen LogP contribution in [0.25, 0.3) is 11.0 Å². The summed E-state index contributed by atoms with van der Waals surface area (Å²) in [6, 6.07) is 17.2. The van der Waals surface area contributed by atoms with Gasteiger partial charge in [0, 0.05) is 12.1 Å². The van der Waals surface area contributed by atoms with Gasteiger partial charge in [0.05, 0.1) is 11.0 Å². The van der Waals surface area contributed by atoms with Crippen molar-refractivity contribution in [2.45, 2.75) is 103 Å². The van der Waals surface area contributed by atoms with Crippen molar-refractivity contribution in [3.05, 3.63) is 59.9 Å². The van der Waals surface area contributed by atoms with Gasteiger partial charge in [-0.3, -0.25) is 4.79 Å². The molecule has 3 aromatic rings. The summed E-state index contributed by atoms with van der Waals surface area (Å²) in [5.74, 6) is 1.89. The summed E-state index contributed by atoms with van der Waals surface area (Å²) in [4.78, 5) is 21.2. The highest BCUT2D eigenvalue weighted by Gasteiger charge is 2.33. The molecule has 2 aliphatic carbocycles. The predicted molar refractivity (Wildman–Crippen MR) is 140 cm³/mol. The van der Waals surface area contributed by atoms with Crippen LogP contribution in [-0.4, -0.2) is 32.4 Å². The lowest BCUT2D eigenvalue weighted by Gasteiger charge is -2.42. The minimum absolute atomic E-state index is 0.250. The van der Waals surface area contributed by atoms with Crippen molar-refractivity contribution in [2.24, 2.45) is 0 Å². The Morgan fingerprint density at radius 1 is 0.914 bits per heavy atom. The van der Waals surface area contributed by atoms with Crippen LogP contribution in [0.4, 0.5) is 0 Å². The molecular weight excluding hydrogens is 434 g/mol. The number of ether oxygens (including phenoxy) is 1. The Bertz CT molecular complexity index is 1090. The SMILES string of the molecule is CCc1ccc(OCc2nc3ccccc3n2CC(=O)N(C2CCCCC2)C2CCCCC2)cc1. The van der Waals surface area contributed by atoms with Crippen LogP contribution < -0.4 is 4.74 Å². The number of aryl methyl sites for hydroxylation is 1. The molecule has 1 amide bonds. The highest BCUT2D eigenvalue weighted by molar-refractivity contribution is 5.81. The molecule has 5 rings (SSSR count). The molecule has 186 valence electrons. The van der Waals surface area contributed by atoms with Crippen LogP contribution in [0.2, 0.25) is 0 Å². The molecule has 0 aliphatic heterocycles. The molecule has 35 heavy (non-hydrogen) atoms. The average Bonchev–Trinajstić information content (AvgIpc) is 3.26. The van der Waals surface area contributed by atoms with E-state index in [1.54, 1.807) is 0 Å². The molecule has 2 aliphatic rings. The monoisotopic (exact) mass is 473 g/mol. The molecule has 2 saturated carbocycles. The van der Waals surface area contributed by atoms with Crippen LogP contribution in [0.3, 0.4) is 0 Å². The lowest BCUT2D eigenvalue weighted by Crippen LogP contribution is -2.50. The molecule has 1 aromatic heterocycles. The zero-order valence-corrected chi connectivity index (χ0v) is 21.1. The maximum absolute atomic E-state index is 14.0. The van der Waals surface area contributed by atoms with Gasteiger partial charge in [0.2, 0.25) is 5.91 Å². The topological polar surface area (TPSA) is 47.4 Å². The number of fused-ring (bicyclic) bond motifs is 1. The first-order chi connectivity index (χ1) is 17.2. The standard InChI is InChI=1S/C30H39N3O2/c1-2-23-17-19-26(20-18-23)35-22-29-31-27-15-9-10-16-28(27)32(29)21-30(34)33(24-11-5-3-6-12-24)25-13-7-4-8-14-25/h9-10,15-20,24-25H,2-8,11-14,21-22H2,1H3. The maximum Gasteiger partial charge on any atom is 0.243 e. The van der Waals surface area contributed by atoms with Crippen molar-refractivity contribution in [3.8, 4) is 5.75 Å². The van der Waals surface area contributed by atoms with Crippen LogP contribution in [0.5, 0.6) is 5.75 Å². The molecule has 2 aromatic carbocycles. The molecule has 0 radical (unpaired) electrons. The number of carbonyl (C=O) groups excluding carboxylic acids is 1. The van der Waals surface area contributed by atoms with E-state index in [4.69, 9.17) is 9.72 Å². The summed E-state index contributed by atoms with van der Waals surface area (Å²) in [7, 11) is 0. The molecule has 0 spiro atoms. The van der Waals surface area contributed by atoms with E-state index in [0.29, 0.717) is 25.2 Å². The molecule has 5 nitrogen and oxygen atoms in total. The number of carbonyl (C=O) groups is 1. The van der Waals surface area contributed by atoms with E-state index in [0.717, 1.165) is 54.7 Å². The number of hydrogen-bond donors (Lipinski definition) is 0. The van der Waals surface area contributed by atoms with Crippen LogP contribution in [-0.2, 0) is 24.4 Å². The number of aromatic nitrogens is 2. The molecular formula is C30H39N3O2. The van der Waals surface area contributed by atoms with E-state index in [-0.39, 0.29) is 5.91 Å². The van der Waals surface area contributed by atoms with Crippen LogP contribution in [0, 0.1) is 0 Å². The van der Waals surface area contributed by atoms with Gasteiger partial charge in [0.1, 0.15) is 24.7 Å². The third kappa shape index (κ3) is 5.55. The quantitative estimate of drug-likeness (QED) is 0.367. The van der Waals surface area contributed by atoms with E-state index < -0.39 is 0 Å². The minimum Gasteiger partial charge on any atom is -0.486 e. The number of amides is 1. The Labute approximate surface area is 209 Å². The fourth-order valence-electron chi connectivity index (χ4n) is 6.02. The smallest absolute Gasteiger partial charge is 0.243 e. The van der Waals surface area contributed by atoms with Gasteiger partial charge in [-0.05, 0) is 61.9 Å². The van der Waals surface area contributed by atoms with Gasteiger partial charge < -0.3 is 14.2 Å². The van der Waals surface area contributed by atoms with Crippen molar-refractivity contribution in [1.29, 1.82) is 0 Å². The number of hydrogen-bond acceptors (Lipinski definition) is 3. The lowest BCUT2D eigenvalue weighted by molar-refractivity contribution is -0.138. The third-order valence-electron chi connectivity index (χ3n) is 7.95. The largest absolute Gasteiger partial charge is 0.486 e. The molecule has 1 heterocycles. The molecule has 0 saturated heterocycles. The average molecular weight is 474 g/mol. The summed E-state index contributed by atoms with van der Waals surface area (Å²) in [5, 5.41) is 0. The van der Waals surface area contributed by atoms with Gasteiger partial charge in [-0.15, -0.1) is 0 Å². The predicted octanol–water partition coefficient (Wildman–Crippen LogP) is 6.67. The fourth-order valence-corrected chi connectivity index (χ4v) is 6.02. The number of imidazole rings is 1. The van der Waals surface area contributed by atoms with E-state index in [9.17, 15) is 4.79 Å². The van der Waals surface area contributed by atoms with Gasteiger partial charge in [0.25, 0.3) is 0 Å².